The monoisotopic (exact) mass is 317 g/mol. The molecule has 0 saturated heterocycles. The summed E-state index contributed by atoms with van der Waals surface area (Å²) in [5.41, 5.74) is 0. The lowest BCUT2D eigenvalue weighted by molar-refractivity contribution is -0.134. The minimum atomic E-state index is -0.576. The number of nitrogens with zero attached hydrogens (tertiary/aromatic N) is 1. The zero-order valence-electron chi connectivity index (χ0n) is 11.9. The maximum atomic E-state index is 12.1. The highest BCUT2D eigenvalue weighted by atomic mass is 35.5. The van der Waals surface area contributed by atoms with E-state index in [1.165, 1.54) is 11.3 Å². The average Bonchev–Trinajstić information content (AvgIpc) is 2.78. The van der Waals surface area contributed by atoms with Crippen molar-refractivity contribution in [1.82, 2.24) is 4.90 Å². The number of carbonyl (C=O) groups is 2. The van der Waals surface area contributed by atoms with Crippen LogP contribution in [0.4, 0.5) is 0 Å². The van der Waals surface area contributed by atoms with Crippen molar-refractivity contribution in [2.45, 2.75) is 45.8 Å². The minimum absolute atomic E-state index is 0.00313. The standard InChI is InChI=1S/C14H20ClNO3S/c1-9(2)16(8-10(3)17)14(19)7-4-11(18)12-5-6-13(15)20-12/h5-6,9-10,17H,4,7-8H2,1-3H3. The first kappa shape index (κ1) is 17.1. The van der Waals surface area contributed by atoms with Crippen LogP contribution in [-0.2, 0) is 4.79 Å². The number of carbonyl (C=O) groups excluding carboxylic acids is 2. The molecule has 4 nitrogen and oxygen atoms in total. The number of aliphatic hydroxyl groups is 1. The fraction of sp³-hybridized carbons (Fsp3) is 0.571. The molecular weight excluding hydrogens is 298 g/mol. The number of ketones is 1. The Kier molecular flexibility index (Phi) is 6.65. The second kappa shape index (κ2) is 7.76. The van der Waals surface area contributed by atoms with Gasteiger partial charge in [0.05, 0.1) is 15.3 Å². The third-order valence-corrected chi connectivity index (χ3v) is 4.09. The van der Waals surface area contributed by atoms with Crippen LogP contribution in [0.5, 0.6) is 0 Å². The molecule has 1 rings (SSSR count). The van der Waals surface area contributed by atoms with Crippen molar-refractivity contribution in [1.29, 1.82) is 0 Å². The van der Waals surface area contributed by atoms with Crippen LogP contribution >= 0.6 is 22.9 Å². The van der Waals surface area contributed by atoms with Crippen molar-refractivity contribution >= 4 is 34.6 Å². The summed E-state index contributed by atoms with van der Waals surface area (Å²) in [4.78, 5) is 26.2. The number of Topliss-reactive ketones (excluding diaryl/α,β-unsaturated/α-hetero) is 1. The van der Waals surface area contributed by atoms with Crippen molar-refractivity contribution in [2.24, 2.45) is 0 Å². The number of amides is 1. The lowest BCUT2D eigenvalue weighted by Gasteiger charge is -2.28. The summed E-state index contributed by atoms with van der Waals surface area (Å²) in [6.07, 6.45) is -0.258. The van der Waals surface area contributed by atoms with E-state index in [0.29, 0.717) is 9.21 Å². The molecule has 112 valence electrons. The van der Waals surface area contributed by atoms with Gasteiger partial charge in [-0.25, -0.2) is 0 Å². The lowest BCUT2D eigenvalue weighted by atomic mass is 10.1. The van der Waals surface area contributed by atoms with Gasteiger partial charge in [-0.15, -0.1) is 11.3 Å². The van der Waals surface area contributed by atoms with E-state index in [4.69, 9.17) is 11.6 Å². The largest absolute Gasteiger partial charge is 0.392 e. The van der Waals surface area contributed by atoms with Crippen LogP contribution in [-0.4, -0.2) is 40.4 Å². The number of aliphatic hydroxyl groups excluding tert-OH is 1. The highest BCUT2D eigenvalue weighted by Crippen LogP contribution is 2.23. The average molecular weight is 318 g/mol. The number of hydrogen-bond donors (Lipinski definition) is 1. The fourth-order valence-electron chi connectivity index (χ4n) is 1.84. The van der Waals surface area contributed by atoms with Crippen LogP contribution in [0.1, 0.15) is 43.3 Å². The molecule has 1 unspecified atom stereocenters. The van der Waals surface area contributed by atoms with Crippen molar-refractivity contribution in [3.8, 4) is 0 Å². The highest BCUT2D eigenvalue weighted by molar-refractivity contribution is 7.18. The van der Waals surface area contributed by atoms with Crippen molar-refractivity contribution < 1.29 is 14.7 Å². The quantitative estimate of drug-likeness (QED) is 0.787. The number of thiophene rings is 1. The fourth-order valence-corrected chi connectivity index (χ4v) is 2.85. The molecular formula is C14H20ClNO3S. The van der Waals surface area contributed by atoms with Gasteiger partial charge in [-0.05, 0) is 32.9 Å². The van der Waals surface area contributed by atoms with Crippen LogP contribution in [0.2, 0.25) is 4.34 Å². The van der Waals surface area contributed by atoms with Crippen molar-refractivity contribution in [2.75, 3.05) is 6.54 Å². The Morgan fingerprint density at radius 2 is 1.95 bits per heavy atom. The highest BCUT2D eigenvalue weighted by Gasteiger charge is 2.20. The van der Waals surface area contributed by atoms with Gasteiger partial charge in [0.25, 0.3) is 0 Å². The number of hydrogen-bond acceptors (Lipinski definition) is 4. The van der Waals surface area contributed by atoms with Gasteiger partial charge < -0.3 is 10.0 Å². The van der Waals surface area contributed by atoms with E-state index in [1.54, 1.807) is 24.0 Å². The first-order valence-electron chi connectivity index (χ1n) is 6.57. The summed E-state index contributed by atoms with van der Waals surface area (Å²) < 4.78 is 0.567. The third kappa shape index (κ3) is 5.23. The zero-order chi connectivity index (χ0) is 15.3. The van der Waals surface area contributed by atoms with E-state index < -0.39 is 6.10 Å². The maximum Gasteiger partial charge on any atom is 0.223 e. The SMILES string of the molecule is CC(O)CN(C(=O)CCC(=O)c1ccc(Cl)s1)C(C)C. The normalized spacial score (nSPS) is 12.5. The summed E-state index contributed by atoms with van der Waals surface area (Å²) in [5.74, 6) is -0.187. The Labute approximate surface area is 128 Å². The van der Waals surface area contributed by atoms with E-state index in [-0.39, 0.29) is 37.1 Å². The number of halogens is 1. The van der Waals surface area contributed by atoms with Crippen LogP contribution in [0.3, 0.4) is 0 Å². The third-order valence-electron chi connectivity index (χ3n) is 2.82. The van der Waals surface area contributed by atoms with Gasteiger partial charge in [0.1, 0.15) is 0 Å². The van der Waals surface area contributed by atoms with E-state index in [0.717, 1.165) is 0 Å². The van der Waals surface area contributed by atoms with Gasteiger partial charge in [0.2, 0.25) is 5.91 Å². The molecule has 0 radical (unpaired) electrons. The molecule has 1 amide bonds. The molecule has 20 heavy (non-hydrogen) atoms. The molecule has 0 aliphatic rings. The van der Waals surface area contributed by atoms with Crippen molar-refractivity contribution in [3.05, 3.63) is 21.3 Å². The Balaban J connectivity index is 2.54. The Morgan fingerprint density at radius 3 is 2.40 bits per heavy atom. The van der Waals surface area contributed by atoms with Gasteiger partial charge in [-0.3, -0.25) is 9.59 Å². The van der Waals surface area contributed by atoms with Gasteiger partial charge in [0.15, 0.2) is 5.78 Å². The van der Waals surface area contributed by atoms with Crippen molar-refractivity contribution in [3.63, 3.8) is 0 Å². The molecule has 1 aromatic heterocycles. The first-order chi connectivity index (χ1) is 9.31. The van der Waals surface area contributed by atoms with Gasteiger partial charge in [-0.1, -0.05) is 11.6 Å². The molecule has 1 atom stereocenters. The van der Waals surface area contributed by atoms with E-state index in [1.807, 2.05) is 13.8 Å². The molecule has 0 fully saturated rings. The molecule has 0 aliphatic heterocycles. The molecule has 1 aromatic rings. The van der Waals surface area contributed by atoms with Crippen LogP contribution in [0.15, 0.2) is 12.1 Å². The lowest BCUT2D eigenvalue weighted by Crippen LogP contribution is -2.41. The van der Waals surface area contributed by atoms with Crippen LogP contribution in [0.25, 0.3) is 0 Å². The summed E-state index contributed by atoms with van der Waals surface area (Å²) in [6.45, 7) is 5.71. The molecule has 0 bridgehead atoms. The Morgan fingerprint density at radius 1 is 1.30 bits per heavy atom. The minimum Gasteiger partial charge on any atom is -0.392 e. The second-order valence-corrected chi connectivity index (χ2v) is 6.73. The predicted molar refractivity (Wildman–Crippen MR) is 81.4 cm³/mol. The van der Waals surface area contributed by atoms with Gasteiger partial charge in [0, 0.05) is 25.4 Å². The topological polar surface area (TPSA) is 57.6 Å². The summed E-state index contributed by atoms with van der Waals surface area (Å²) >= 11 is 7.00. The Hall–Kier alpha value is -0.910. The molecule has 0 spiro atoms. The summed E-state index contributed by atoms with van der Waals surface area (Å²) in [7, 11) is 0. The van der Waals surface area contributed by atoms with Gasteiger partial charge >= 0.3 is 0 Å². The van der Waals surface area contributed by atoms with Crippen LogP contribution in [0, 0.1) is 0 Å². The Bertz CT molecular complexity index is 471. The smallest absolute Gasteiger partial charge is 0.223 e. The summed E-state index contributed by atoms with van der Waals surface area (Å²) in [6, 6.07) is 3.36. The molecule has 0 aromatic carbocycles. The zero-order valence-corrected chi connectivity index (χ0v) is 13.5. The molecule has 0 saturated carbocycles. The van der Waals surface area contributed by atoms with E-state index in [2.05, 4.69) is 0 Å². The molecule has 6 heteroatoms. The molecule has 0 aliphatic carbocycles. The second-order valence-electron chi connectivity index (χ2n) is 5.02. The molecule has 1 N–H and O–H groups in total. The summed E-state index contributed by atoms with van der Waals surface area (Å²) in [5, 5.41) is 9.40. The predicted octanol–water partition coefficient (Wildman–Crippen LogP) is 2.98. The van der Waals surface area contributed by atoms with Crippen LogP contribution < -0.4 is 0 Å². The van der Waals surface area contributed by atoms with Gasteiger partial charge in [-0.2, -0.15) is 0 Å². The maximum absolute atomic E-state index is 12.1. The van der Waals surface area contributed by atoms with E-state index in [9.17, 15) is 14.7 Å². The first-order valence-corrected chi connectivity index (χ1v) is 7.76. The number of rotatable bonds is 7. The molecule has 1 heterocycles. The van der Waals surface area contributed by atoms with E-state index >= 15 is 0 Å².